The van der Waals surface area contributed by atoms with E-state index in [9.17, 15) is 13.2 Å². The number of carbonyl (C=O) groups excluding carboxylic acids is 1. The van der Waals surface area contributed by atoms with Crippen molar-refractivity contribution in [1.29, 1.82) is 0 Å². The summed E-state index contributed by atoms with van der Waals surface area (Å²) in [6.07, 6.45) is 7.52. The van der Waals surface area contributed by atoms with E-state index in [2.05, 4.69) is 10.8 Å². The molecule has 2 aliphatic rings. The third-order valence-corrected chi connectivity index (χ3v) is 6.27. The van der Waals surface area contributed by atoms with E-state index < -0.39 is 10.0 Å². The predicted octanol–water partition coefficient (Wildman–Crippen LogP) is 2.33. The van der Waals surface area contributed by atoms with E-state index in [1.807, 2.05) is 0 Å². The number of rotatable bonds is 6. The Labute approximate surface area is 155 Å². The number of morpholine rings is 1. The minimum absolute atomic E-state index is 0.134. The lowest BCUT2D eigenvalue weighted by molar-refractivity contribution is 0.0302. The first-order chi connectivity index (χ1) is 12.6. The molecule has 1 aliphatic carbocycles. The summed E-state index contributed by atoms with van der Waals surface area (Å²) in [5.74, 6) is -0.155. The van der Waals surface area contributed by atoms with Crippen LogP contribution in [0, 0.1) is 0 Å². The molecule has 0 radical (unpaired) electrons. The smallest absolute Gasteiger partial charge is 0.254 e. The van der Waals surface area contributed by atoms with Gasteiger partial charge in [0.1, 0.15) is 0 Å². The molecule has 1 amide bonds. The van der Waals surface area contributed by atoms with E-state index >= 15 is 0 Å². The fourth-order valence-electron chi connectivity index (χ4n) is 3.31. The van der Waals surface area contributed by atoms with Gasteiger partial charge in [0.25, 0.3) is 5.91 Å². The molecule has 1 aromatic carbocycles. The number of hydrogen-bond donors (Lipinski definition) is 1. The molecule has 1 fully saturated rings. The normalized spacial score (nSPS) is 18.5. The third kappa shape index (κ3) is 4.93. The molecule has 0 saturated carbocycles. The van der Waals surface area contributed by atoms with Gasteiger partial charge in [-0.05, 0) is 50.3 Å². The van der Waals surface area contributed by atoms with Crippen molar-refractivity contribution in [3.05, 3.63) is 41.5 Å². The van der Waals surface area contributed by atoms with Gasteiger partial charge in [0.05, 0.1) is 18.1 Å². The molecule has 0 unspecified atom stereocenters. The van der Waals surface area contributed by atoms with Gasteiger partial charge in [0.15, 0.2) is 0 Å². The molecule has 0 spiro atoms. The number of hydrogen-bond acceptors (Lipinski definition) is 4. The zero-order valence-electron chi connectivity index (χ0n) is 14.9. The van der Waals surface area contributed by atoms with Gasteiger partial charge in [0, 0.05) is 25.2 Å². The lowest BCUT2D eigenvalue weighted by Gasteiger charge is -2.27. The SMILES string of the molecule is O=C(c1cccc(S(=O)(=O)NCCC2=CCCCC2)c1)N1CCOCC1. The standard InChI is InChI=1S/C19H26N2O4S/c22-19(21-11-13-25-14-12-21)17-7-4-8-18(15-17)26(23,24)20-10-9-16-5-2-1-3-6-16/h4-5,7-8,15,20H,1-3,6,9-14H2. The fourth-order valence-corrected chi connectivity index (χ4v) is 4.38. The maximum absolute atomic E-state index is 12.5. The first-order valence-corrected chi connectivity index (χ1v) is 10.7. The van der Waals surface area contributed by atoms with Crippen LogP contribution in [0.4, 0.5) is 0 Å². The van der Waals surface area contributed by atoms with E-state index in [1.54, 1.807) is 17.0 Å². The first kappa shape index (κ1) is 19.1. The predicted molar refractivity (Wildman–Crippen MR) is 99.5 cm³/mol. The molecule has 0 bridgehead atoms. The van der Waals surface area contributed by atoms with Crippen LogP contribution in [0.25, 0.3) is 0 Å². The maximum atomic E-state index is 12.5. The van der Waals surface area contributed by atoms with Gasteiger partial charge in [-0.25, -0.2) is 13.1 Å². The monoisotopic (exact) mass is 378 g/mol. The molecule has 3 rings (SSSR count). The van der Waals surface area contributed by atoms with Crippen molar-refractivity contribution >= 4 is 15.9 Å². The fraction of sp³-hybridized carbons (Fsp3) is 0.526. The minimum Gasteiger partial charge on any atom is -0.378 e. The molecular formula is C19H26N2O4S. The lowest BCUT2D eigenvalue weighted by Crippen LogP contribution is -2.40. The Bertz CT molecular complexity index is 767. The van der Waals surface area contributed by atoms with Crippen molar-refractivity contribution < 1.29 is 17.9 Å². The van der Waals surface area contributed by atoms with Crippen LogP contribution < -0.4 is 4.72 Å². The summed E-state index contributed by atoms with van der Waals surface area (Å²) in [4.78, 5) is 14.4. The van der Waals surface area contributed by atoms with Crippen LogP contribution >= 0.6 is 0 Å². The number of nitrogens with one attached hydrogen (secondary N) is 1. The summed E-state index contributed by atoms with van der Waals surface area (Å²) in [5, 5.41) is 0. The van der Waals surface area contributed by atoms with Gasteiger partial charge in [-0.1, -0.05) is 17.7 Å². The van der Waals surface area contributed by atoms with Crippen LogP contribution in [0.5, 0.6) is 0 Å². The Morgan fingerprint density at radius 3 is 2.73 bits per heavy atom. The molecule has 0 atom stereocenters. The van der Waals surface area contributed by atoms with Crippen LogP contribution in [0.15, 0.2) is 40.8 Å². The second-order valence-corrected chi connectivity index (χ2v) is 8.46. The number of nitrogens with zero attached hydrogens (tertiary/aromatic N) is 1. The van der Waals surface area contributed by atoms with Crippen molar-refractivity contribution in [3.8, 4) is 0 Å². The Balaban J connectivity index is 1.63. The number of sulfonamides is 1. The highest BCUT2D eigenvalue weighted by molar-refractivity contribution is 7.89. The number of carbonyl (C=O) groups is 1. The Morgan fingerprint density at radius 2 is 2.00 bits per heavy atom. The topological polar surface area (TPSA) is 75.7 Å². The van der Waals surface area contributed by atoms with Crippen LogP contribution in [0.2, 0.25) is 0 Å². The number of allylic oxidation sites excluding steroid dienone is 1. The summed E-state index contributed by atoms with van der Waals surface area (Å²) in [6.45, 7) is 2.48. The summed E-state index contributed by atoms with van der Waals surface area (Å²) in [7, 11) is -3.62. The van der Waals surface area contributed by atoms with Crippen LogP contribution in [-0.2, 0) is 14.8 Å². The second-order valence-electron chi connectivity index (χ2n) is 6.69. The van der Waals surface area contributed by atoms with Crippen molar-refractivity contribution in [2.24, 2.45) is 0 Å². The molecule has 1 saturated heterocycles. The van der Waals surface area contributed by atoms with Crippen molar-refractivity contribution in [3.63, 3.8) is 0 Å². The molecule has 1 heterocycles. The van der Waals surface area contributed by atoms with Gasteiger partial charge in [0.2, 0.25) is 10.0 Å². The van der Waals surface area contributed by atoms with Gasteiger partial charge >= 0.3 is 0 Å². The van der Waals surface area contributed by atoms with Gasteiger partial charge in [-0.3, -0.25) is 4.79 Å². The summed E-state index contributed by atoms with van der Waals surface area (Å²) < 4.78 is 33.0. The van der Waals surface area contributed by atoms with E-state index in [-0.39, 0.29) is 10.8 Å². The number of amides is 1. The quantitative estimate of drug-likeness (QED) is 0.771. The van der Waals surface area contributed by atoms with Crippen molar-refractivity contribution in [1.82, 2.24) is 9.62 Å². The molecule has 1 aliphatic heterocycles. The number of ether oxygens (including phenoxy) is 1. The number of benzene rings is 1. The zero-order chi connectivity index (χ0) is 18.4. The highest BCUT2D eigenvalue weighted by Crippen LogP contribution is 2.20. The zero-order valence-corrected chi connectivity index (χ0v) is 15.8. The molecule has 26 heavy (non-hydrogen) atoms. The molecule has 6 nitrogen and oxygen atoms in total. The van der Waals surface area contributed by atoms with Crippen LogP contribution in [0.1, 0.15) is 42.5 Å². The van der Waals surface area contributed by atoms with Crippen LogP contribution in [-0.4, -0.2) is 52.1 Å². The van der Waals surface area contributed by atoms with E-state index in [0.29, 0.717) is 38.4 Å². The molecule has 0 aromatic heterocycles. The Hall–Kier alpha value is -1.70. The third-order valence-electron chi connectivity index (χ3n) is 4.81. The average molecular weight is 378 g/mol. The molecule has 7 heteroatoms. The summed E-state index contributed by atoms with van der Waals surface area (Å²) >= 11 is 0. The average Bonchev–Trinajstić information content (AvgIpc) is 2.69. The van der Waals surface area contributed by atoms with E-state index in [1.165, 1.54) is 30.5 Å². The molecule has 1 aromatic rings. The Kier molecular flexibility index (Phi) is 6.45. The van der Waals surface area contributed by atoms with Gasteiger partial charge in [-0.2, -0.15) is 0 Å². The molecule has 142 valence electrons. The lowest BCUT2D eigenvalue weighted by atomic mass is 9.97. The largest absolute Gasteiger partial charge is 0.378 e. The minimum atomic E-state index is -3.62. The molecule has 1 N–H and O–H groups in total. The van der Waals surface area contributed by atoms with Crippen molar-refractivity contribution in [2.45, 2.75) is 37.0 Å². The maximum Gasteiger partial charge on any atom is 0.254 e. The highest BCUT2D eigenvalue weighted by Gasteiger charge is 2.21. The highest BCUT2D eigenvalue weighted by atomic mass is 32.2. The summed E-state index contributed by atoms with van der Waals surface area (Å²) in [5.41, 5.74) is 1.72. The summed E-state index contributed by atoms with van der Waals surface area (Å²) in [6, 6.07) is 6.26. The van der Waals surface area contributed by atoms with E-state index in [0.717, 1.165) is 19.3 Å². The van der Waals surface area contributed by atoms with E-state index in [4.69, 9.17) is 4.74 Å². The van der Waals surface area contributed by atoms with Crippen molar-refractivity contribution in [2.75, 3.05) is 32.8 Å². The first-order valence-electron chi connectivity index (χ1n) is 9.21. The van der Waals surface area contributed by atoms with Gasteiger partial charge in [-0.15, -0.1) is 0 Å². The van der Waals surface area contributed by atoms with Gasteiger partial charge < -0.3 is 9.64 Å². The Morgan fingerprint density at radius 1 is 1.19 bits per heavy atom. The second kappa shape index (κ2) is 8.79. The molecular weight excluding hydrogens is 352 g/mol. The van der Waals surface area contributed by atoms with Crippen LogP contribution in [0.3, 0.4) is 0 Å².